The fourth-order valence-electron chi connectivity index (χ4n) is 2.34. The number of rotatable bonds is 5. The van der Waals surface area contributed by atoms with E-state index in [1.807, 2.05) is 12.1 Å². The van der Waals surface area contributed by atoms with E-state index in [4.69, 9.17) is 10.8 Å². The Bertz CT molecular complexity index is 955. The van der Waals surface area contributed by atoms with Gasteiger partial charge in [0.05, 0.1) is 17.0 Å². The third-order valence-corrected chi connectivity index (χ3v) is 3.72. The first-order valence-electron chi connectivity index (χ1n) is 7.81. The number of hydrogen-bond donors (Lipinski definition) is 3. The van der Waals surface area contributed by atoms with Crippen LogP contribution in [0.5, 0.6) is 0 Å². The molecule has 0 atom stereocenters. The molecule has 1 aromatic carbocycles. The lowest BCUT2D eigenvalue weighted by molar-refractivity contribution is 0.0696. The van der Waals surface area contributed by atoms with E-state index in [9.17, 15) is 9.59 Å². The average molecular weight is 348 g/mol. The molecule has 4 N–H and O–H groups in total. The van der Waals surface area contributed by atoms with Crippen molar-refractivity contribution in [3.63, 3.8) is 0 Å². The molecule has 0 bridgehead atoms. The van der Waals surface area contributed by atoms with Gasteiger partial charge in [0.1, 0.15) is 0 Å². The largest absolute Gasteiger partial charge is 0.478 e. The molecule has 1 amide bonds. The van der Waals surface area contributed by atoms with E-state index in [0.717, 1.165) is 5.56 Å². The number of anilines is 1. The summed E-state index contributed by atoms with van der Waals surface area (Å²) in [6, 6.07) is 13.2. The van der Waals surface area contributed by atoms with Crippen molar-refractivity contribution in [3.8, 4) is 11.4 Å². The molecule has 0 aliphatic rings. The summed E-state index contributed by atoms with van der Waals surface area (Å²) in [6.45, 7) is 0.365. The van der Waals surface area contributed by atoms with Crippen molar-refractivity contribution < 1.29 is 14.7 Å². The van der Waals surface area contributed by atoms with E-state index in [0.29, 0.717) is 29.2 Å². The van der Waals surface area contributed by atoms with Crippen molar-refractivity contribution in [2.75, 3.05) is 5.73 Å². The maximum absolute atomic E-state index is 12.4. The van der Waals surface area contributed by atoms with Crippen molar-refractivity contribution >= 4 is 17.6 Å². The van der Waals surface area contributed by atoms with Crippen LogP contribution in [0.3, 0.4) is 0 Å². The molecule has 3 rings (SSSR count). The highest BCUT2D eigenvalue weighted by Gasteiger charge is 2.11. The Hall–Kier alpha value is -3.74. The van der Waals surface area contributed by atoms with Crippen molar-refractivity contribution in [2.24, 2.45) is 0 Å². The third-order valence-electron chi connectivity index (χ3n) is 3.72. The van der Waals surface area contributed by atoms with Gasteiger partial charge in [0, 0.05) is 30.2 Å². The second-order valence-electron chi connectivity index (χ2n) is 5.59. The van der Waals surface area contributed by atoms with Gasteiger partial charge in [-0.1, -0.05) is 12.1 Å². The fraction of sp³-hybridized carbons (Fsp3) is 0.0526. The highest BCUT2D eigenvalue weighted by atomic mass is 16.4. The quantitative estimate of drug-likeness (QED) is 0.609. The molecule has 0 spiro atoms. The standard InChI is InChI=1S/C19H16N4O3/c20-15-3-1-12(2-4-15)11-23-18(24)13-5-7-21-16(9-13)17-10-14(19(25)26)6-8-22-17/h1-10H,11,20H2,(H,23,24)(H,25,26). The van der Waals surface area contributed by atoms with Gasteiger partial charge in [-0.3, -0.25) is 14.8 Å². The Labute approximate surface area is 149 Å². The lowest BCUT2D eigenvalue weighted by Crippen LogP contribution is -2.22. The first kappa shape index (κ1) is 17.1. The first-order valence-corrected chi connectivity index (χ1v) is 7.81. The number of carboxylic acid groups (broad SMARTS) is 1. The molecular weight excluding hydrogens is 332 g/mol. The summed E-state index contributed by atoms with van der Waals surface area (Å²) in [5.41, 5.74) is 8.56. The fourth-order valence-corrected chi connectivity index (χ4v) is 2.34. The summed E-state index contributed by atoms with van der Waals surface area (Å²) in [4.78, 5) is 31.7. The molecule has 0 radical (unpaired) electrons. The monoisotopic (exact) mass is 348 g/mol. The Balaban J connectivity index is 1.76. The molecule has 0 unspecified atom stereocenters. The van der Waals surface area contributed by atoms with Gasteiger partial charge in [-0.05, 0) is 42.0 Å². The van der Waals surface area contributed by atoms with Gasteiger partial charge in [0.15, 0.2) is 0 Å². The number of hydrogen-bond acceptors (Lipinski definition) is 5. The number of nitrogens with two attached hydrogens (primary N) is 1. The van der Waals surface area contributed by atoms with Crippen molar-refractivity contribution in [1.29, 1.82) is 0 Å². The van der Waals surface area contributed by atoms with Crippen LogP contribution in [0.25, 0.3) is 11.4 Å². The second-order valence-corrected chi connectivity index (χ2v) is 5.59. The van der Waals surface area contributed by atoms with Gasteiger partial charge in [-0.15, -0.1) is 0 Å². The molecule has 26 heavy (non-hydrogen) atoms. The number of aromatic carboxylic acids is 1. The Kier molecular flexibility index (Phi) is 4.89. The van der Waals surface area contributed by atoms with Crippen molar-refractivity contribution in [3.05, 3.63) is 77.6 Å². The lowest BCUT2D eigenvalue weighted by Gasteiger charge is -2.07. The SMILES string of the molecule is Nc1ccc(CNC(=O)c2ccnc(-c3cc(C(=O)O)ccn3)c2)cc1. The molecule has 7 heteroatoms. The highest BCUT2D eigenvalue weighted by molar-refractivity contribution is 5.95. The molecule has 3 aromatic rings. The van der Waals surface area contributed by atoms with Gasteiger partial charge >= 0.3 is 5.97 Å². The zero-order valence-corrected chi connectivity index (χ0v) is 13.7. The van der Waals surface area contributed by atoms with Crippen LogP contribution < -0.4 is 11.1 Å². The van der Waals surface area contributed by atoms with Crippen LogP contribution in [0.15, 0.2) is 60.9 Å². The predicted molar refractivity (Wildman–Crippen MR) is 96.5 cm³/mol. The summed E-state index contributed by atoms with van der Waals surface area (Å²) < 4.78 is 0. The third kappa shape index (κ3) is 4.02. The Morgan fingerprint density at radius 1 is 0.923 bits per heavy atom. The van der Waals surface area contributed by atoms with Crippen LogP contribution >= 0.6 is 0 Å². The van der Waals surface area contributed by atoms with E-state index < -0.39 is 5.97 Å². The van der Waals surface area contributed by atoms with E-state index in [1.54, 1.807) is 24.3 Å². The van der Waals surface area contributed by atoms with Crippen LogP contribution in [0.2, 0.25) is 0 Å². The maximum Gasteiger partial charge on any atom is 0.335 e. The topological polar surface area (TPSA) is 118 Å². The molecule has 0 saturated heterocycles. The number of aromatic nitrogens is 2. The Morgan fingerprint density at radius 3 is 2.12 bits per heavy atom. The number of nitrogen functional groups attached to an aromatic ring is 1. The molecular formula is C19H16N4O3. The van der Waals surface area contributed by atoms with Crippen LogP contribution in [0, 0.1) is 0 Å². The number of benzene rings is 1. The summed E-state index contributed by atoms with van der Waals surface area (Å²) >= 11 is 0. The molecule has 2 heterocycles. The van der Waals surface area contributed by atoms with E-state index in [-0.39, 0.29) is 11.5 Å². The molecule has 0 saturated carbocycles. The molecule has 0 aliphatic heterocycles. The second kappa shape index (κ2) is 7.43. The number of nitrogens with one attached hydrogen (secondary N) is 1. The number of amides is 1. The van der Waals surface area contributed by atoms with E-state index >= 15 is 0 Å². The minimum Gasteiger partial charge on any atom is -0.478 e. The van der Waals surface area contributed by atoms with Crippen LogP contribution in [0.4, 0.5) is 5.69 Å². The predicted octanol–water partition coefficient (Wildman–Crippen LogP) is 2.35. The zero-order chi connectivity index (χ0) is 18.5. The summed E-state index contributed by atoms with van der Waals surface area (Å²) in [6.07, 6.45) is 2.89. The summed E-state index contributed by atoms with van der Waals surface area (Å²) in [7, 11) is 0. The van der Waals surface area contributed by atoms with Gasteiger partial charge in [-0.2, -0.15) is 0 Å². The van der Waals surface area contributed by atoms with E-state index in [1.165, 1.54) is 24.5 Å². The molecule has 130 valence electrons. The Morgan fingerprint density at radius 2 is 1.50 bits per heavy atom. The zero-order valence-electron chi connectivity index (χ0n) is 13.7. The summed E-state index contributed by atoms with van der Waals surface area (Å²) in [5, 5.41) is 11.9. The van der Waals surface area contributed by atoms with Gasteiger partial charge in [-0.25, -0.2) is 4.79 Å². The number of pyridine rings is 2. The number of carbonyl (C=O) groups excluding carboxylic acids is 1. The molecule has 2 aromatic heterocycles. The van der Waals surface area contributed by atoms with Crippen LogP contribution in [-0.4, -0.2) is 27.0 Å². The lowest BCUT2D eigenvalue weighted by atomic mass is 10.1. The van der Waals surface area contributed by atoms with E-state index in [2.05, 4.69) is 15.3 Å². The van der Waals surface area contributed by atoms with Gasteiger partial charge in [0.2, 0.25) is 0 Å². The van der Waals surface area contributed by atoms with Crippen LogP contribution in [0.1, 0.15) is 26.3 Å². The number of carbonyl (C=O) groups is 2. The first-order chi connectivity index (χ1) is 12.5. The highest BCUT2D eigenvalue weighted by Crippen LogP contribution is 2.17. The maximum atomic E-state index is 12.4. The van der Waals surface area contributed by atoms with Gasteiger partial charge in [0.25, 0.3) is 5.91 Å². The molecule has 0 aliphatic carbocycles. The van der Waals surface area contributed by atoms with Crippen molar-refractivity contribution in [1.82, 2.24) is 15.3 Å². The van der Waals surface area contributed by atoms with Crippen LogP contribution in [-0.2, 0) is 6.54 Å². The molecule has 7 nitrogen and oxygen atoms in total. The normalized spacial score (nSPS) is 10.3. The smallest absolute Gasteiger partial charge is 0.335 e. The minimum atomic E-state index is -1.05. The molecule has 0 fully saturated rings. The van der Waals surface area contributed by atoms with Crippen molar-refractivity contribution in [2.45, 2.75) is 6.54 Å². The average Bonchev–Trinajstić information content (AvgIpc) is 2.67. The number of nitrogens with zero attached hydrogens (tertiary/aromatic N) is 2. The summed E-state index contributed by atoms with van der Waals surface area (Å²) in [5.74, 6) is -1.31. The number of carboxylic acids is 1. The minimum absolute atomic E-state index is 0.106. The van der Waals surface area contributed by atoms with Gasteiger partial charge < -0.3 is 16.2 Å².